The Hall–Kier alpha value is -1.89. The molecule has 1 heterocycles. The van der Waals surface area contributed by atoms with Gasteiger partial charge in [0.1, 0.15) is 0 Å². The molecule has 3 N–H and O–H groups in total. The Labute approximate surface area is 102 Å². The van der Waals surface area contributed by atoms with Gasteiger partial charge in [-0.05, 0) is 29.3 Å². The van der Waals surface area contributed by atoms with Crippen LogP contribution in [-0.2, 0) is 20.7 Å². The van der Waals surface area contributed by atoms with E-state index in [-0.39, 0.29) is 6.42 Å². The van der Waals surface area contributed by atoms with Crippen molar-refractivity contribution >= 4 is 29.2 Å². The molecule has 0 saturated heterocycles. The van der Waals surface area contributed by atoms with E-state index in [1.54, 1.807) is 6.07 Å². The number of rotatable bonds is 4. The van der Waals surface area contributed by atoms with Crippen molar-refractivity contribution in [3.05, 3.63) is 22.4 Å². The van der Waals surface area contributed by atoms with E-state index in [4.69, 9.17) is 10.5 Å². The number of thiophene rings is 1. The number of hydrogen-bond acceptors (Lipinski definition) is 5. The Morgan fingerprint density at radius 2 is 2.24 bits per heavy atom. The third-order valence-electron chi connectivity index (χ3n) is 1.85. The molecule has 0 aliphatic carbocycles. The first-order valence-corrected chi connectivity index (χ1v) is 5.74. The number of hydrogen-bond donors (Lipinski definition) is 2. The predicted octanol–water partition coefficient (Wildman–Crippen LogP) is 0.417. The number of imide groups is 1. The zero-order valence-corrected chi connectivity index (χ0v) is 9.95. The minimum absolute atomic E-state index is 0.0949. The minimum Gasteiger partial charge on any atom is -0.452 e. The van der Waals surface area contributed by atoms with Gasteiger partial charge in [0.05, 0.1) is 6.42 Å². The molecule has 0 fully saturated rings. The molecule has 17 heavy (non-hydrogen) atoms. The molecule has 0 bridgehead atoms. The fraction of sp³-hybridized carbons (Fsp3) is 0.300. The second-order valence-corrected chi connectivity index (χ2v) is 4.07. The molecule has 0 aliphatic rings. The highest BCUT2D eigenvalue weighted by molar-refractivity contribution is 7.07. The van der Waals surface area contributed by atoms with E-state index in [1.165, 1.54) is 18.3 Å². The molecule has 0 aromatic carbocycles. The summed E-state index contributed by atoms with van der Waals surface area (Å²) < 4.78 is 4.83. The summed E-state index contributed by atoms with van der Waals surface area (Å²) in [6.07, 6.45) is -0.953. The average molecular weight is 256 g/mol. The summed E-state index contributed by atoms with van der Waals surface area (Å²) in [7, 11) is 0. The Bertz CT molecular complexity index is 416. The maximum absolute atomic E-state index is 11.4. The number of carbonyl (C=O) groups excluding carboxylic acids is 3. The highest BCUT2D eigenvalue weighted by Crippen LogP contribution is 2.08. The van der Waals surface area contributed by atoms with E-state index >= 15 is 0 Å². The lowest BCUT2D eigenvalue weighted by molar-refractivity contribution is -0.153. The Morgan fingerprint density at radius 3 is 2.76 bits per heavy atom. The molecule has 92 valence electrons. The molecule has 1 aromatic rings. The molecule has 1 atom stereocenters. The third-order valence-corrected chi connectivity index (χ3v) is 2.58. The molecular weight excluding hydrogens is 244 g/mol. The highest BCUT2D eigenvalue weighted by atomic mass is 32.1. The van der Waals surface area contributed by atoms with Gasteiger partial charge in [-0.3, -0.25) is 14.9 Å². The van der Waals surface area contributed by atoms with Crippen LogP contribution >= 0.6 is 11.3 Å². The van der Waals surface area contributed by atoms with Crippen LogP contribution in [0.15, 0.2) is 16.8 Å². The van der Waals surface area contributed by atoms with Crippen LogP contribution in [0.1, 0.15) is 12.5 Å². The highest BCUT2D eigenvalue weighted by Gasteiger charge is 2.18. The average Bonchev–Trinajstić information content (AvgIpc) is 2.68. The molecule has 1 rings (SSSR count). The van der Waals surface area contributed by atoms with Crippen LogP contribution in [0.25, 0.3) is 0 Å². The first-order valence-electron chi connectivity index (χ1n) is 4.80. The number of primary amides is 1. The van der Waals surface area contributed by atoms with Gasteiger partial charge in [0.15, 0.2) is 6.10 Å². The van der Waals surface area contributed by atoms with Crippen molar-refractivity contribution in [1.82, 2.24) is 5.32 Å². The molecule has 7 heteroatoms. The lowest BCUT2D eigenvalue weighted by atomic mass is 10.2. The van der Waals surface area contributed by atoms with Crippen molar-refractivity contribution in [3.8, 4) is 0 Å². The molecule has 1 unspecified atom stereocenters. The molecule has 0 saturated carbocycles. The quantitative estimate of drug-likeness (QED) is 0.762. The number of nitrogens with one attached hydrogen (secondary N) is 1. The summed E-state index contributed by atoms with van der Waals surface area (Å²) in [4.78, 5) is 33.0. The lowest BCUT2D eigenvalue weighted by Crippen LogP contribution is -2.42. The van der Waals surface area contributed by atoms with Gasteiger partial charge in [0.2, 0.25) is 0 Å². The minimum atomic E-state index is -1.05. The van der Waals surface area contributed by atoms with Gasteiger partial charge in [-0.25, -0.2) is 4.79 Å². The van der Waals surface area contributed by atoms with Crippen LogP contribution < -0.4 is 11.1 Å². The second-order valence-electron chi connectivity index (χ2n) is 3.29. The maximum Gasteiger partial charge on any atom is 0.318 e. The van der Waals surface area contributed by atoms with Gasteiger partial charge in [-0.15, -0.1) is 0 Å². The SMILES string of the molecule is CC(OC(=O)Cc1ccsc1)C(=O)NC(N)=O. The van der Waals surface area contributed by atoms with Crippen LogP contribution in [0.2, 0.25) is 0 Å². The molecular formula is C10H12N2O4S. The number of amides is 3. The Kier molecular flexibility index (Phi) is 4.65. The van der Waals surface area contributed by atoms with Crippen molar-refractivity contribution in [2.45, 2.75) is 19.4 Å². The first-order chi connectivity index (χ1) is 7.99. The van der Waals surface area contributed by atoms with Crippen molar-refractivity contribution in [1.29, 1.82) is 0 Å². The van der Waals surface area contributed by atoms with Crippen LogP contribution in [-0.4, -0.2) is 24.0 Å². The summed E-state index contributed by atoms with van der Waals surface area (Å²) in [5, 5.41) is 5.49. The second kappa shape index (κ2) is 6.00. The van der Waals surface area contributed by atoms with Crippen LogP contribution in [0.4, 0.5) is 4.79 Å². The topological polar surface area (TPSA) is 98.5 Å². The summed E-state index contributed by atoms with van der Waals surface area (Å²) in [5.74, 6) is -1.27. The molecule has 0 spiro atoms. The van der Waals surface area contributed by atoms with Gasteiger partial charge in [0, 0.05) is 0 Å². The summed E-state index contributed by atoms with van der Waals surface area (Å²) in [6.45, 7) is 1.36. The van der Waals surface area contributed by atoms with Crippen LogP contribution in [0, 0.1) is 0 Å². The summed E-state index contributed by atoms with van der Waals surface area (Å²) in [6, 6.07) is 0.816. The van der Waals surface area contributed by atoms with Gasteiger partial charge < -0.3 is 10.5 Å². The fourth-order valence-corrected chi connectivity index (χ4v) is 1.74. The van der Waals surface area contributed by atoms with Gasteiger partial charge >= 0.3 is 12.0 Å². The van der Waals surface area contributed by atoms with Crippen molar-refractivity contribution in [3.63, 3.8) is 0 Å². The van der Waals surface area contributed by atoms with E-state index in [1.807, 2.05) is 16.1 Å². The zero-order chi connectivity index (χ0) is 12.8. The van der Waals surface area contributed by atoms with E-state index in [0.717, 1.165) is 5.56 Å². The van der Waals surface area contributed by atoms with E-state index in [0.29, 0.717) is 0 Å². The zero-order valence-electron chi connectivity index (χ0n) is 9.14. The normalized spacial score (nSPS) is 11.6. The fourth-order valence-electron chi connectivity index (χ4n) is 1.08. The molecule has 0 radical (unpaired) electrons. The lowest BCUT2D eigenvalue weighted by Gasteiger charge is -2.11. The Morgan fingerprint density at radius 1 is 1.53 bits per heavy atom. The molecule has 3 amide bonds. The van der Waals surface area contributed by atoms with Gasteiger partial charge in [-0.2, -0.15) is 11.3 Å². The number of urea groups is 1. The van der Waals surface area contributed by atoms with E-state index < -0.39 is 24.0 Å². The monoisotopic (exact) mass is 256 g/mol. The van der Waals surface area contributed by atoms with Crippen molar-refractivity contribution < 1.29 is 19.1 Å². The molecule has 0 aliphatic heterocycles. The standard InChI is InChI=1S/C10H12N2O4S/c1-6(9(14)12-10(11)15)16-8(13)4-7-2-3-17-5-7/h2-3,5-6H,4H2,1H3,(H3,11,12,14,15). The smallest absolute Gasteiger partial charge is 0.318 e. The molecule has 6 nitrogen and oxygen atoms in total. The van der Waals surface area contributed by atoms with Crippen molar-refractivity contribution in [2.75, 3.05) is 0 Å². The third kappa shape index (κ3) is 4.64. The summed E-state index contributed by atoms with van der Waals surface area (Å²) in [5.41, 5.74) is 5.58. The van der Waals surface area contributed by atoms with Crippen molar-refractivity contribution in [2.24, 2.45) is 5.73 Å². The van der Waals surface area contributed by atoms with E-state index in [9.17, 15) is 14.4 Å². The number of carbonyl (C=O) groups is 3. The van der Waals surface area contributed by atoms with Crippen LogP contribution in [0.5, 0.6) is 0 Å². The summed E-state index contributed by atoms with van der Waals surface area (Å²) >= 11 is 1.47. The van der Waals surface area contributed by atoms with Crippen LogP contribution in [0.3, 0.4) is 0 Å². The molecule has 1 aromatic heterocycles. The van der Waals surface area contributed by atoms with Gasteiger partial charge in [-0.1, -0.05) is 0 Å². The Balaban J connectivity index is 2.40. The van der Waals surface area contributed by atoms with E-state index in [2.05, 4.69) is 0 Å². The maximum atomic E-state index is 11.4. The number of nitrogens with two attached hydrogens (primary N) is 1. The predicted molar refractivity (Wildman–Crippen MR) is 61.3 cm³/mol. The number of ether oxygens (including phenoxy) is 1. The number of esters is 1. The largest absolute Gasteiger partial charge is 0.452 e. The van der Waals surface area contributed by atoms with Gasteiger partial charge in [0.25, 0.3) is 5.91 Å². The first kappa shape index (κ1) is 13.2.